The maximum atomic E-state index is 6.32. The Kier molecular flexibility index (Phi) is 4.24. The van der Waals surface area contributed by atoms with Crippen molar-refractivity contribution in [2.75, 3.05) is 0 Å². The quantitative estimate of drug-likeness (QED) is 0.228. The number of ether oxygens (including phenoxy) is 1. The third kappa shape index (κ3) is 3.02. The van der Waals surface area contributed by atoms with Crippen LogP contribution in [0.4, 0.5) is 0 Å². The minimum absolute atomic E-state index is 0.906. The molecule has 8 aromatic rings. The van der Waals surface area contributed by atoms with E-state index in [4.69, 9.17) is 9.15 Å². The molecule has 0 unspecified atom stereocenters. The van der Waals surface area contributed by atoms with E-state index < -0.39 is 0 Å². The molecule has 182 valence electrons. The molecule has 0 spiro atoms. The van der Waals surface area contributed by atoms with Gasteiger partial charge in [0, 0.05) is 37.0 Å². The lowest BCUT2D eigenvalue weighted by molar-refractivity contribution is 0.487. The third-order valence-electron chi connectivity index (χ3n) is 7.90. The molecule has 3 heteroatoms. The second kappa shape index (κ2) is 7.83. The molecule has 0 aliphatic carbocycles. The normalized spacial score (nSPS) is 12.3. The zero-order chi connectivity index (χ0) is 25.5. The number of benzene rings is 6. The maximum absolute atomic E-state index is 6.32. The van der Waals surface area contributed by atoms with E-state index in [9.17, 15) is 0 Å². The first-order valence-corrected chi connectivity index (χ1v) is 13.9. The van der Waals surface area contributed by atoms with E-state index in [1.165, 1.54) is 58.8 Å². The Balaban J connectivity index is 1.21. The molecule has 1 aliphatic heterocycles. The molecule has 2 aromatic heterocycles. The summed E-state index contributed by atoms with van der Waals surface area (Å²) >= 11 is 1.82. The van der Waals surface area contributed by atoms with Gasteiger partial charge in [0.1, 0.15) is 22.7 Å². The van der Waals surface area contributed by atoms with Crippen LogP contribution in [-0.4, -0.2) is 0 Å². The molecule has 0 atom stereocenters. The van der Waals surface area contributed by atoms with Crippen LogP contribution in [0.15, 0.2) is 126 Å². The molecule has 0 radical (unpaired) electrons. The van der Waals surface area contributed by atoms with Gasteiger partial charge in [-0.1, -0.05) is 72.8 Å². The Hall–Kier alpha value is -4.86. The van der Waals surface area contributed by atoms with Crippen LogP contribution in [0.1, 0.15) is 0 Å². The van der Waals surface area contributed by atoms with Crippen molar-refractivity contribution in [1.29, 1.82) is 0 Å². The zero-order valence-corrected chi connectivity index (χ0v) is 21.6. The van der Waals surface area contributed by atoms with E-state index in [0.29, 0.717) is 0 Å². The first-order chi connectivity index (χ1) is 19.3. The van der Waals surface area contributed by atoms with Crippen molar-refractivity contribution in [2.45, 2.75) is 0 Å². The molecule has 0 fully saturated rings. The van der Waals surface area contributed by atoms with Crippen molar-refractivity contribution >= 4 is 54.8 Å². The van der Waals surface area contributed by atoms with Crippen molar-refractivity contribution in [3.05, 3.63) is 121 Å². The van der Waals surface area contributed by atoms with Crippen LogP contribution >= 0.6 is 11.3 Å². The van der Waals surface area contributed by atoms with Gasteiger partial charge in [-0.3, -0.25) is 0 Å². The molecule has 0 bridgehead atoms. The standard InChI is InChI=1S/C36H20O2S/c1-2-9-24-21(6-1)14-17-31-35(24)36-26(11-5-13-30(36)38-31)33-19-18-32(39-33)23-15-16-28-27(20-23)25-10-3-7-22-8-4-12-29(37-28)34(22)25/h1-20H. The molecule has 2 nitrogen and oxygen atoms in total. The van der Waals surface area contributed by atoms with Gasteiger partial charge in [0.2, 0.25) is 0 Å². The number of hydrogen-bond acceptors (Lipinski definition) is 3. The van der Waals surface area contributed by atoms with Gasteiger partial charge in [0.25, 0.3) is 0 Å². The van der Waals surface area contributed by atoms with Crippen LogP contribution in [0.25, 0.3) is 75.5 Å². The van der Waals surface area contributed by atoms with Gasteiger partial charge >= 0.3 is 0 Å². The summed E-state index contributed by atoms with van der Waals surface area (Å²) in [5.41, 5.74) is 6.62. The molecule has 0 saturated carbocycles. The summed E-state index contributed by atoms with van der Waals surface area (Å²) < 4.78 is 12.6. The second-order valence-corrected chi connectivity index (χ2v) is 11.2. The molecule has 39 heavy (non-hydrogen) atoms. The lowest BCUT2D eigenvalue weighted by Crippen LogP contribution is -1.97. The highest BCUT2D eigenvalue weighted by Gasteiger charge is 2.21. The van der Waals surface area contributed by atoms with Crippen molar-refractivity contribution in [2.24, 2.45) is 0 Å². The Morgan fingerprint density at radius 2 is 1.26 bits per heavy atom. The van der Waals surface area contributed by atoms with Crippen molar-refractivity contribution in [3.63, 3.8) is 0 Å². The molecule has 0 amide bonds. The van der Waals surface area contributed by atoms with Gasteiger partial charge < -0.3 is 9.15 Å². The van der Waals surface area contributed by atoms with Gasteiger partial charge in [-0.25, -0.2) is 0 Å². The SMILES string of the molecule is c1cc2c3c(cccc3c1)-c1cc(-c3ccc(-c4cccc5oc6ccc7ccccc7c6c45)s3)ccc1O2. The molecule has 0 N–H and O–H groups in total. The number of fused-ring (bicyclic) bond motifs is 7. The molecule has 9 rings (SSSR count). The molecule has 3 heterocycles. The van der Waals surface area contributed by atoms with E-state index >= 15 is 0 Å². The minimum atomic E-state index is 0.906. The zero-order valence-electron chi connectivity index (χ0n) is 20.8. The van der Waals surface area contributed by atoms with Crippen molar-refractivity contribution in [1.82, 2.24) is 0 Å². The van der Waals surface area contributed by atoms with Gasteiger partial charge in [0.05, 0.1) is 0 Å². The second-order valence-electron chi connectivity index (χ2n) is 10.1. The summed E-state index contributed by atoms with van der Waals surface area (Å²) in [5.74, 6) is 1.83. The summed E-state index contributed by atoms with van der Waals surface area (Å²) in [7, 11) is 0. The summed E-state index contributed by atoms with van der Waals surface area (Å²) in [6.45, 7) is 0. The smallest absolute Gasteiger partial charge is 0.136 e. The maximum Gasteiger partial charge on any atom is 0.136 e. The van der Waals surface area contributed by atoms with Gasteiger partial charge in [0.15, 0.2) is 0 Å². The van der Waals surface area contributed by atoms with E-state index in [1.54, 1.807) is 0 Å². The lowest BCUT2D eigenvalue weighted by Gasteiger charge is -2.21. The number of hydrogen-bond donors (Lipinski definition) is 0. The highest BCUT2D eigenvalue weighted by atomic mass is 32.1. The fourth-order valence-corrected chi connectivity index (χ4v) is 7.18. The average molecular weight is 517 g/mol. The number of thiophene rings is 1. The van der Waals surface area contributed by atoms with Crippen LogP contribution in [0, 0.1) is 0 Å². The Morgan fingerprint density at radius 1 is 0.462 bits per heavy atom. The van der Waals surface area contributed by atoms with Crippen molar-refractivity contribution in [3.8, 4) is 43.5 Å². The summed E-state index contributed by atoms with van der Waals surface area (Å²) in [6, 6.07) is 42.9. The molecule has 1 aliphatic rings. The predicted octanol–water partition coefficient (Wildman–Crippen LogP) is 11.1. The first kappa shape index (κ1) is 21.1. The van der Waals surface area contributed by atoms with E-state index in [1.807, 2.05) is 11.3 Å². The van der Waals surface area contributed by atoms with E-state index in [-0.39, 0.29) is 0 Å². The predicted molar refractivity (Wildman–Crippen MR) is 163 cm³/mol. The number of furan rings is 1. The fraction of sp³-hybridized carbons (Fsp3) is 0. The van der Waals surface area contributed by atoms with E-state index in [0.717, 1.165) is 28.2 Å². The average Bonchev–Trinajstić information content (AvgIpc) is 3.63. The highest BCUT2D eigenvalue weighted by Crippen LogP contribution is 2.49. The van der Waals surface area contributed by atoms with Crippen LogP contribution in [-0.2, 0) is 0 Å². The Morgan fingerprint density at radius 3 is 2.23 bits per heavy atom. The minimum Gasteiger partial charge on any atom is -0.456 e. The molecular formula is C36H20O2S. The van der Waals surface area contributed by atoms with Crippen LogP contribution in [0.5, 0.6) is 11.5 Å². The lowest BCUT2D eigenvalue weighted by atomic mass is 9.93. The Labute approximate surface area is 228 Å². The van der Waals surface area contributed by atoms with Crippen molar-refractivity contribution < 1.29 is 9.15 Å². The third-order valence-corrected chi connectivity index (χ3v) is 9.07. The first-order valence-electron chi connectivity index (χ1n) is 13.1. The topological polar surface area (TPSA) is 22.4 Å². The monoisotopic (exact) mass is 516 g/mol. The van der Waals surface area contributed by atoms with Crippen LogP contribution in [0.3, 0.4) is 0 Å². The highest BCUT2D eigenvalue weighted by molar-refractivity contribution is 7.19. The molecular weight excluding hydrogens is 496 g/mol. The largest absolute Gasteiger partial charge is 0.456 e. The summed E-state index contributed by atoms with van der Waals surface area (Å²) in [4.78, 5) is 2.46. The van der Waals surface area contributed by atoms with Crippen LogP contribution < -0.4 is 4.74 Å². The van der Waals surface area contributed by atoms with Gasteiger partial charge in [-0.05, 0) is 75.8 Å². The molecule has 0 saturated heterocycles. The van der Waals surface area contributed by atoms with Gasteiger partial charge in [-0.2, -0.15) is 0 Å². The molecule has 6 aromatic carbocycles. The fourth-order valence-electron chi connectivity index (χ4n) is 6.15. The summed E-state index contributed by atoms with van der Waals surface area (Å²) in [6.07, 6.45) is 0. The van der Waals surface area contributed by atoms with Gasteiger partial charge in [-0.15, -0.1) is 11.3 Å². The summed E-state index contributed by atoms with van der Waals surface area (Å²) in [5, 5.41) is 7.20. The Bertz CT molecular complexity index is 2260. The number of rotatable bonds is 2. The van der Waals surface area contributed by atoms with Crippen LogP contribution in [0.2, 0.25) is 0 Å². The van der Waals surface area contributed by atoms with E-state index in [2.05, 4.69) is 121 Å².